The minimum Gasteiger partial charge on any atom is -0.479 e. The van der Waals surface area contributed by atoms with Crippen LogP contribution in [-0.4, -0.2) is 156 Å². The van der Waals surface area contributed by atoms with Crippen LogP contribution in [0, 0.1) is 0 Å². The van der Waals surface area contributed by atoms with E-state index in [-0.39, 0.29) is 0 Å². The van der Waals surface area contributed by atoms with Gasteiger partial charge >= 0.3 is 5.97 Å². The third kappa shape index (κ3) is 5.29. The summed E-state index contributed by atoms with van der Waals surface area (Å²) < 4.78 is 25.9. The van der Waals surface area contributed by atoms with Crippen LogP contribution in [0.3, 0.4) is 0 Å². The van der Waals surface area contributed by atoms with Crippen LogP contribution in [0.15, 0.2) is 0 Å². The minimum absolute atomic E-state index is 0.502. The monoisotopic (exact) mass is 488 g/mol. The molecule has 33 heavy (non-hydrogen) atoms. The Bertz CT molecular complexity index is 663. The zero-order chi connectivity index (χ0) is 24.6. The van der Waals surface area contributed by atoms with Crippen molar-refractivity contribution in [3.05, 3.63) is 0 Å². The molecule has 16 nitrogen and oxygen atoms in total. The molecule has 0 aromatic rings. The predicted molar refractivity (Wildman–Crippen MR) is 95.8 cm³/mol. The number of carboxylic acids is 1. The topological polar surface area (TPSA) is 266 Å². The predicted octanol–water partition coefficient (Wildman–Crippen LogP) is -6.84. The highest BCUT2D eigenvalue weighted by molar-refractivity contribution is 5.73. The van der Waals surface area contributed by atoms with E-state index in [1.54, 1.807) is 0 Å². The van der Waals surface area contributed by atoms with Gasteiger partial charge in [-0.2, -0.15) is 0 Å². The molecule has 3 aliphatic rings. The maximum absolute atomic E-state index is 11.7. The van der Waals surface area contributed by atoms with E-state index >= 15 is 0 Å². The highest BCUT2D eigenvalue weighted by Crippen LogP contribution is 2.32. The van der Waals surface area contributed by atoms with Crippen LogP contribution in [0.4, 0.5) is 0 Å². The number of hydrogen-bond donors (Lipinski definition) is 10. The largest absolute Gasteiger partial charge is 0.479 e. The van der Waals surface area contributed by atoms with Crippen molar-refractivity contribution in [1.29, 1.82) is 0 Å². The Labute approximate surface area is 185 Å². The van der Waals surface area contributed by atoms with E-state index in [1.165, 1.54) is 0 Å². The molecule has 16 heteroatoms. The summed E-state index contributed by atoms with van der Waals surface area (Å²) in [5.41, 5.74) is 0. The van der Waals surface area contributed by atoms with E-state index in [2.05, 4.69) is 0 Å². The van der Waals surface area contributed by atoms with E-state index in [0.29, 0.717) is 0 Å². The molecule has 0 aromatic carbocycles. The summed E-state index contributed by atoms with van der Waals surface area (Å²) in [6, 6.07) is 0. The normalized spacial score (nSPS) is 51.3. The van der Waals surface area contributed by atoms with Gasteiger partial charge in [-0.3, -0.25) is 0 Å². The first-order valence-corrected chi connectivity index (χ1v) is 9.99. The van der Waals surface area contributed by atoms with Crippen LogP contribution < -0.4 is 0 Å². The van der Waals surface area contributed by atoms with Crippen molar-refractivity contribution in [2.75, 3.05) is 13.2 Å². The Morgan fingerprint density at radius 1 is 0.758 bits per heavy atom. The SMILES string of the molecule is O=C(O)[C@H]1OC(O)[C@H](O)[C@@H](O[C@@H]2O[C@H](CO)[C@H](O)[C@H](O)[C@H]2O)[C@@H]1O[C@@H]1OC[C@@H](O)[C@H](O)[C@H]1O. The van der Waals surface area contributed by atoms with Crippen molar-refractivity contribution in [3.8, 4) is 0 Å². The number of hydrogen-bond acceptors (Lipinski definition) is 15. The Morgan fingerprint density at radius 3 is 1.97 bits per heavy atom. The van der Waals surface area contributed by atoms with Crippen LogP contribution >= 0.6 is 0 Å². The molecule has 14 atom stereocenters. The zero-order valence-electron chi connectivity index (χ0n) is 16.9. The summed E-state index contributed by atoms with van der Waals surface area (Å²) in [5, 5.41) is 98.7. The Hall–Kier alpha value is -1.09. The van der Waals surface area contributed by atoms with Gasteiger partial charge < -0.3 is 74.7 Å². The van der Waals surface area contributed by atoms with Gasteiger partial charge in [0.05, 0.1) is 13.2 Å². The number of aliphatic hydroxyl groups excluding tert-OH is 9. The standard InChI is InChI=1S/C17H28O16/c18-1-4-6(21)7(22)9(24)17(30-4)32-11-10(25)15(28)31-13(14(26)27)12(11)33-16-8(23)5(20)3(19)2-29-16/h3-13,15-25,28H,1-2H2,(H,26,27)/t3-,4-,5+,6+,7+,8-,9-,10-,11-,12+,13+,15?,16+,17+/m1/s1. The number of aliphatic hydroxyl groups is 9. The lowest BCUT2D eigenvalue weighted by Gasteiger charge is -2.47. The second-order valence-corrected chi connectivity index (χ2v) is 7.93. The number of rotatable bonds is 6. The van der Waals surface area contributed by atoms with Gasteiger partial charge in [-0.25, -0.2) is 4.79 Å². The van der Waals surface area contributed by atoms with Crippen LogP contribution in [0.25, 0.3) is 0 Å². The smallest absolute Gasteiger partial charge is 0.335 e. The number of carboxylic acid groups (broad SMARTS) is 1. The molecule has 0 bridgehead atoms. The number of aliphatic carboxylic acids is 1. The molecule has 3 heterocycles. The van der Waals surface area contributed by atoms with Gasteiger partial charge in [0.15, 0.2) is 25.0 Å². The van der Waals surface area contributed by atoms with E-state index in [4.69, 9.17) is 23.7 Å². The van der Waals surface area contributed by atoms with E-state index in [9.17, 15) is 55.9 Å². The molecule has 3 saturated heterocycles. The second-order valence-electron chi connectivity index (χ2n) is 7.93. The molecule has 3 fully saturated rings. The fourth-order valence-corrected chi connectivity index (χ4v) is 3.73. The maximum Gasteiger partial charge on any atom is 0.335 e. The van der Waals surface area contributed by atoms with E-state index in [1.807, 2.05) is 0 Å². The minimum atomic E-state index is -2.12. The second kappa shape index (κ2) is 10.7. The molecule has 0 aliphatic carbocycles. The molecular formula is C17H28O16. The van der Waals surface area contributed by atoms with E-state index < -0.39 is 105 Å². The molecule has 0 aromatic heterocycles. The first-order chi connectivity index (χ1) is 15.5. The van der Waals surface area contributed by atoms with Gasteiger partial charge in [0, 0.05) is 0 Å². The van der Waals surface area contributed by atoms with Crippen LogP contribution in [0.1, 0.15) is 0 Å². The quantitative estimate of drug-likeness (QED) is 0.166. The fourth-order valence-electron chi connectivity index (χ4n) is 3.73. The van der Waals surface area contributed by atoms with Gasteiger partial charge in [-0.05, 0) is 0 Å². The van der Waals surface area contributed by atoms with Crippen molar-refractivity contribution >= 4 is 5.97 Å². The summed E-state index contributed by atoms with van der Waals surface area (Å²) in [4.78, 5) is 11.7. The van der Waals surface area contributed by atoms with Crippen molar-refractivity contribution < 1.29 is 79.5 Å². The molecule has 192 valence electrons. The highest BCUT2D eigenvalue weighted by atomic mass is 16.8. The average molecular weight is 488 g/mol. The van der Waals surface area contributed by atoms with Gasteiger partial charge in [0.1, 0.15) is 61.0 Å². The molecular weight excluding hydrogens is 460 g/mol. The Balaban J connectivity index is 1.86. The van der Waals surface area contributed by atoms with Crippen LogP contribution in [0.5, 0.6) is 0 Å². The van der Waals surface area contributed by atoms with Crippen LogP contribution in [-0.2, 0) is 28.5 Å². The van der Waals surface area contributed by atoms with Gasteiger partial charge in [0.25, 0.3) is 0 Å². The lowest BCUT2D eigenvalue weighted by atomic mass is 9.96. The third-order valence-electron chi connectivity index (χ3n) is 5.67. The molecule has 3 rings (SSSR count). The van der Waals surface area contributed by atoms with Crippen molar-refractivity contribution in [2.24, 2.45) is 0 Å². The molecule has 0 amide bonds. The molecule has 10 N–H and O–H groups in total. The van der Waals surface area contributed by atoms with E-state index in [0.717, 1.165) is 0 Å². The maximum atomic E-state index is 11.7. The molecule has 0 spiro atoms. The summed E-state index contributed by atoms with van der Waals surface area (Å²) in [6.45, 7) is -1.30. The highest BCUT2D eigenvalue weighted by Gasteiger charge is 2.54. The molecule has 0 saturated carbocycles. The lowest BCUT2D eigenvalue weighted by Crippen LogP contribution is -2.67. The number of carbonyl (C=O) groups is 1. The first kappa shape index (κ1) is 26.5. The molecule has 1 unspecified atom stereocenters. The van der Waals surface area contributed by atoms with Crippen LogP contribution in [0.2, 0.25) is 0 Å². The summed E-state index contributed by atoms with van der Waals surface area (Å²) in [7, 11) is 0. The summed E-state index contributed by atoms with van der Waals surface area (Å²) in [5.74, 6) is -1.70. The Morgan fingerprint density at radius 2 is 1.36 bits per heavy atom. The molecule has 0 radical (unpaired) electrons. The van der Waals surface area contributed by atoms with Crippen molar-refractivity contribution in [2.45, 2.75) is 86.0 Å². The van der Waals surface area contributed by atoms with Gasteiger partial charge in [-0.15, -0.1) is 0 Å². The Kier molecular flexibility index (Phi) is 8.57. The van der Waals surface area contributed by atoms with Crippen molar-refractivity contribution in [3.63, 3.8) is 0 Å². The lowest BCUT2D eigenvalue weighted by molar-refractivity contribution is -0.374. The van der Waals surface area contributed by atoms with Crippen molar-refractivity contribution in [1.82, 2.24) is 0 Å². The fraction of sp³-hybridized carbons (Fsp3) is 0.941. The third-order valence-corrected chi connectivity index (χ3v) is 5.67. The molecule has 3 aliphatic heterocycles. The van der Waals surface area contributed by atoms with Gasteiger partial charge in [0.2, 0.25) is 0 Å². The van der Waals surface area contributed by atoms with Gasteiger partial charge in [-0.1, -0.05) is 0 Å². The first-order valence-electron chi connectivity index (χ1n) is 9.99. The summed E-state index contributed by atoms with van der Waals surface area (Å²) in [6.07, 6.45) is -25.5. The average Bonchev–Trinajstić information content (AvgIpc) is 2.78. The zero-order valence-corrected chi connectivity index (χ0v) is 16.9. The summed E-state index contributed by atoms with van der Waals surface area (Å²) >= 11 is 0. The number of ether oxygens (including phenoxy) is 5.